The van der Waals surface area contributed by atoms with E-state index in [4.69, 9.17) is 4.42 Å². The molecule has 2 heteroatoms. The molecule has 0 spiro atoms. The molecule has 0 unspecified atom stereocenters. The zero-order chi connectivity index (χ0) is 39.5. The molecule has 1 aliphatic carbocycles. The second-order valence-corrected chi connectivity index (χ2v) is 16.1. The zero-order valence-electron chi connectivity index (χ0n) is 33.1. The predicted molar refractivity (Wildman–Crippen MR) is 248 cm³/mol. The lowest BCUT2D eigenvalue weighted by Gasteiger charge is -2.26. The SMILES string of the molecule is CC1(C)c2ccccc2-c2ccc(-c3cccc4c3oc3c(-c5ccc(N(c6ccc(-c7ccccc7)cc6)c6ccc(-c7ccccc7)cc6)cc5)cccc34)cc21. The summed E-state index contributed by atoms with van der Waals surface area (Å²) in [7, 11) is 0. The van der Waals surface area contributed by atoms with Gasteiger partial charge in [0.05, 0.1) is 0 Å². The van der Waals surface area contributed by atoms with Crippen molar-refractivity contribution >= 4 is 39.0 Å². The maximum Gasteiger partial charge on any atom is 0.143 e. The van der Waals surface area contributed by atoms with Crippen LogP contribution < -0.4 is 4.90 Å². The summed E-state index contributed by atoms with van der Waals surface area (Å²) >= 11 is 0. The average Bonchev–Trinajstić information content (AvgIpc) is 3.80. The van der Waals surface area contributed by atoms with E-state index in [-0.39, 0.29) is 5.41 Å². The molecule has 2 nitrogen and oxygen atoms in total. The topological polar surface area (TPSA) is 16.4 Å². The van der Waals surface area contributed by atoms with Gasteiger partial charge in [-0.15, -0.1) is 0 Å². The van der Waals surface area contributed by atoms with Crippen LogP contribution in [0.25, 0.3) is 77.6 Å². The number of anilines is 3. The van der Waals surface area contributed by atoms with Crippen LogP contribution in [0.1, 0.15) is 25.0 Å². The molecule has 1 aromatic heterocycles. The van der Waals surface area contributed by atoms with Crippen molar-refractivity contribution in [2.45, 2.75) is 19.3 Å². The van der Waals surface area contributed by atoms with E-state index in [0.29, 0.717) is 0 Å². The molecule has 10 aromatic rings. The standard InChI is InChI=1S/C57H41NO/c1-57(2)53-22-10-9-17-49(53)50-36-29-43(37-54(50)57)48-19-12-21-52-51-20-11-18-47(55(51)59-56(48)52)42-27-34-46(35-28-42)58(44-30-23-40(24-31-44)38-13-5-3-6-14-38)45-32-25-41(26-33-45)39-15-7-4-8-16-39/h3-37H,1-2H3. The van der Waals surface area contributed by atoms with Crippen LogP contribution in [-0.2, 0) is 5.41 Å². The molecule has 0 radical (unpaired) electrons. The molecular formula is C57H41NO. The number of para-hydroxylation sites is 2. The summed E-state index contributed by atoms with van der Waals surface area (Å²) in [5.41, 5.74) is 19.7. The Hall–Kier alpha value is -7.42. The lowest BCUT2D eigenvalue weighted by molar-refractivity contribution is 0.660. The average molecular weight is 756 g/mol. The van der Waals surface area contributed by atoms with Crippen LogP contribution in [0.15, 0.2) is 217 Å². The van der Waals surface area contributed by atoms with Crippen LogP contribution in [0, 0.1) is 0 Å². The van der Waals surface area contributed by atoms with Gasteiger partial charge in [0.15, 0.2) is 0 Å². The molecule has 11 rings (SSSR count). The summed E-state index contributed by atoms with van der Waals surface area (Å²) < 4.78 is 6.96. The maximum atomic E-state index is 6.96. The molecule has 0 saturated carbocycles. The molecule has 0 bridgehead atoms. The number of rotatable bonds is 7. The summed E-state index contributed by atoms with van der Waals surface area (Å²) in [5, 5.41) is 2.25. The Morgan fingerprint density at radius 3 is 1.27 bits per heavy atom. The fourth-order valence-corrected chi connectivity index (χ4v) is 9.25. The van der Waals surface area contributed by atoms with E-state index in [1.165, 1.54) is 50.1 Å². The highest BCUT2D eigenvalue weighted by Crippen LogP contribution is 2.50. The van der Waals surface area contributed by atoms with Gasteiger partial charge >= 0.3 is 0 Å². The predicted octanol–water partition coefficient (Wildman–Crippen LogP) is 16.0. The molecule has 0 N–H and O–H groups in total. The van der Waals surface area contributed by atoms with Crippen LogP contribution in [0.4, 0.5) is 17.1 Å². The van der Waals surface area contributed by atoms with Gasteiger partial charge in [0.1, 0.15) is 11.2 Å². The highest BCUT2D eigenvalue weighted by molar-refractivity contribution is 6.13. The minimum Gasteiger partial charge on any atom is -0.455 e. The lowest BCUT2D eigenvalue weighted by Crippen LogP contribution is -2.14. The third kappa shape index (κ3) is 5.87. The van der Waals surface area contributed by atoms with Gasteiger partial charge in [0.2, 0.25) is 0 Å². The van der Waals surface area contributed by atoms with Crippen molar-refractivity contribution in [3.05, 3.63) is 223 Å². The Kier molecular flexibility index (Phi) is 8.20. The van der Waals surface area contributed by atoms with Crippen LogP contribution in [-0.4, -0.2) is 0 Å². The molecule has 9 aromatic carbocycles. The largest absolute Gasteiger partial charge is 0.455 e. The van der Waals surface area contributed by atoms with Crippen molar-refractivity contribution in [2.24, 2.45) is 0 Å². The van der Waals surface area contributed by atoms with Crippen molar-refractivity contribution in [3.8, 4) is 55.6 Å². The van der Waals surface area contributed by atoms with E-state index >= 15 is 0 Å². The van der Waals surface area contributed by atoms with Gasteiger partial charge in [-0.05, 0) is 98.1 Å². The summed E-state index contributed by atoms with van der Waals surface area (Å²) in [4.78, 5) is 2.33. The van der Waals surface area contributed by atoms with Gasteiger partial charge in [-0.2, -0.15) is 0 Å². The molecule has 0 aliphatic heterocycles. The van der Waals surface area contributed by atoms with Crippen LogP contribution >= 0.6 is 0 Å². The van der Waals surface area contributed by atoms with E-state index in [9.17, 15) is 0 Å². The highest BCUT2D eigenvalue weighted by Gasteiger charge is 2.35. The Morgan fingerprint density at radius 1 is 0.322 bits per heavy atom. The van der Waals surface area contributed by atoms with Crippen molar-refractivity contribution in [2.75, 3.05) is 4.90 Å². The number of furan rings is 1. The quantitative estimate of drug-likeness (QED) is 0.161. The van der Waals surface area contributed by atoms with Crippen molar-refractivity contribution in [3.63, 3.8) is 0 Å². The Balaban J connectivity index is 0.973. The Morgan fingerprint density at radius 2 is 0.729 bits per heavy atom. The summed E-state index contributed by atoms with van der Waals surface area (Å²) in [6, 6.07) is 76.5. The molecule has 0 amide bonds. The molecule has 59 heavy (non-hydrogen) atoms. The minimum absolute atomic E-state index is 0.0736. The first kappa shape index (κ1) is 34.8. The zero-order valence-corrected chi connectivity index (χ0v) is 33.1. The van der Waals surface area contributed by atoms with Gasteiger partial charge in [0, 0.05) is 44.4 Å². The van der Waals surface area contributed by atoms with E-state index in [2.05, 4.69) is 231 Å². The fourth-order valence-electron chi connectivity index (χ4n) is 9.25. The van der Waals surface area contributed by atoms with Gasteiger partial charge in [-0.1, -0.05) is 184 Å². The Bertz CT molecular complexity index is 3060. The number of hydrogen-bond acceptors (Lipinski definition) is 2. The summed E-state index contributed by atoms with van der Waals surface area (Å²) in [5.74, 6) is 0. The number of benzene rings is 9. The highest BCUT2D eigenvalue weighted by atomic mass is 16.3. The van der Waals surface area contributed by atoms with E-state index < -0.39 is 0 Å². The van der Waals surface area contributed by atoms with Crippen molar-refractivity contribution in [1.29, 1.82) is 0 Å². The first-order valence-corrected chi connectivity index (χ1v) is 20.4. The second kappa shape index (κ2) is 13.9. The Labute approximate surface area is 345 Å². The van der Waals surface area contributed by atoms with E-state index in [1.54, 1.807) is 0 Å². The molecule has 1 heterocycles. The van der Waals surface area contributed by atoms with E-state index in [0.717, 1.165) is 55.7 Å². The van der Waals surface area contributed by atoms with Gasteiger partial charge in [0.25, 0.3) is 0 Å². The second-order valence-electron chi connectivity index (χ2n) is 16.1. The van der Waals surface area contributed by atoms with E-state index in [1.807, 2.05) is 0 Å². The molecule has 0 fully saturated rings. The number of fused-ring (bicyclic) bond motifs is 6. The number of hydrogen-bond donors (Lipinski definition) is 0. The van der Waals surface area contributed by atoms with Crippen LogP contribution in [0.3, 0.4) is 0 Å². The molecule has 0 atom stereocenters. The van der Waals surface area contributed by atoms with Crippen molar-refractivity contribution in [1.82, 2.24) is 0 Å². The normalized spacial score (nSPS) is 12.7. The van der Waals surface area contributed by atoms with Gasteiger partial charge in [-0.25, -0.2) is 0 Å². The first-order chi connectivity index (χ1) is 29.0. The fraction of sp³-hybridized carbons (Fsp3) is 0.0526. The number of nitrogens with zero attached hydrogens (tertiary/aromatic N) is 1. The monoisotopic (exact) mass is 755 g/mol. The van der Waals surface area contributed by atoms with Gasteiger partial charge < -0.3 is 9.32 Å². The summed E-state index contributed by atoms with van der Waals surface area (Å²) in [6.45, 7) is 4.67. The first-order valence-electron chi connectivity index (χ1n) is 20.4. The smallest absolute Gasteiger partial charge is 0.143 e. The third-order valence-corrected chi connectivity index (χ3v) is 12.3. The van der Waals surface area contributed by atoms with Crippen LogP contribution in [0.2, 0.25) is 0 Å². The molecule has 0 saturated heterocycles. The summed E-state index contributed by atoms with van der Waals surface area (Å²) in [6.07, 6.45) is 0. The molecule has 1 aliphatic rings. The minimum atomic E-state index is -0.0736. The molecular weight excluding hydrogens is 715 g/mol. The maximum absolute atomic E-state index is 6.96. The third-order valence-electron chi connectivity index (χ3n) is 12.3. The van der Waals surface area contributed by atoms with Crippen molar-refractivity contribution < 1.29 is 4.42 Å². The van der Waals surface area contributed by atoms with Crippen LogP contribution in [0.5, 0.6) is 0 Å². The lowest BCUT2D eigenvalue weighted by atomic mass is 9.81. The molecule has 280 valence electrons. The van der Waals surface area contributed by atoms with Gasteiger partial charge in [-0.3, -0.25) is 0 Å².